The lowest BCUT2D eigenvalue weighted by atomic mass is 9.82. The summed E-state index contributed by atoms with van der Waals surface area (Å²) in [5.74, 6) is 0. The van der Waals surface area contributed by atoms with Gasteiger partial charge in [-0.1, -0.05) is 141 Å². The summed E-state index contributed by atoms with van der Waals surface area (Å²) < 4.78 is 0. The zero-order chi connectivity index (χ0) is 29.7. The minimum Gasteiger partial charge on any atom is -0.310 e. The van der Waals surface area contributed by atoms with Gasteiger partial charge in [-0.25, -0.2) is 0 Å². The van der Waals surface area contributed by atoms with E-state index in [1.54, 1.807) is 0 Å². The van der Waals surface area contributed by atoms with Crippen LogP contribution >= 0.6 is 0 Å². The number of rotatable bonds is 5. The highest BCUT2D eigenvalue weighted by atomic mass is 15.1. The van der Waals surface area contributed by atoms with Crippen molar-refractivity contribution in [3.8, 4) is 33.4 Å². The summed E-state index contributed by atoms with van der Waals surface area (Å²) in [4.78, 5) is 2.41. The molecule has 0 fully saturated rings. The Morgan fingerprint density at radius 2 is 0.977 bits per heavy atom. The maximum Gasteiger partial charge on any atom is 0.0467 e. The second-order valence-corrected chi connectivity index (χ2v) is 12.2. The third-order valence-electron chi connectivity index (χ3n) is 9.26. The molecule has 0 amide bonds. The molecule has 0 aromatic heterocycles. The zero-order valence-corrected chi connectivity index (χ0v) is 25.0. The van der Waals surface area contributed by atoms with Crippen LogP contribution in [-0.4, -0.2) is 0 Å². The smallest absolute Gasteiger partial charge is 0.0467 e. The van der Waals surface area contributed by atoms with Crippen LogP contribution in [0.2, 0.25) is 0 Å². The summed E-state index contributed by atoms with van der Waals surface area (Å²) in [6.07, 6.45) is 0. The number of fused-ring (bicyclic) bond motifs is 4. The molecule has 0 radical (unpaired) electrons. The molecule has 44 heavy (non-hydrogen) atoms. The Morgan fingerprint density at radius 3 is 1.84 bits per heavy atom. The summed E-state index contributed by atoms with van der Waals surface area (Å²) in [7, 11) is 0. The SMILES string of the molecule is CC1(C)c2ccccc2-c2ccc(N(c3ccc(-c4ccccc4)cc3)c3cccc(-c4cccc5ccccc45)c3)cc21. The van der Waals surface area contributed by atoms with Crippen LogP contribution in [0.5, 0.6) is 0 Å². The van der Waals surface area contributed by atoms with Crippen molar-refractivity contribution < 1.29 is 0 Å². The van der Waals surface area contributed by atoms with Crippen LogP contribution in [0.25, 0.3) is 44.2 Å². The highest BCUT2D eigenvalue weighted by molar-refractivity contribution is 5.97. The highest BCUT2D eigenvalue weighted by Gasteiger charge is 2.35. The molecular weight excluding hydrogens is 530 g/mol. The van der Waals surface area contributed by atoms with E-state index in [0.29, 0.717) is 0 Å². The largest absolute Gasteiger partial charge is 0.310 e. The molecule has 0 N–H and O–H groups in total. The Kier molecular flexibility index (Phi) is 6.20. The summed E-state index contributed by atoms with van der Waals surface area (Å²) in [5, 5.41) is 2.52. The molecule has 1 heteroatoms. The van der Waals surface area contributed by atoms with Crippen molar-refractivity contribution in [2.24, 2.45) is 0 Å². The molecule has 0 spiro atoms. The fourth-order valence-electron chi connectivity index (χ4n) is 7.00. The summed E-state index contributed by atoms with van der Waals surface area (Å²) in [6, 6.07) is 59.6. The van der Waals surface area contributed by atoms with Gasteiger partial charge in [0.1, 0.15) is 0 Å². The molecule has 7 aromatic rings. The number of hydrogen-bond acceptors (Lipinski definition) is 1. The van der Waals surface area contributed by atoms with Crippen molar-refractivity contribution in [1.29, 1.82) is 0 Å². The Bertz CT molecular complexity index is 2130. The van der Waals surface area contributed by atoms with E-state index in [2.05, 4.69) is 183 Å². The average Bonchev–Trinajstić information content (AvgIpc) is 3.31. The van der Waals surface area contributed by atoms with Gasteiger partial charge in [0.15, 0.2) is 0 Å². The first-order chi connectivity index (χ1) is 21.6. The molecule has 0 heterocycles. The summed E-state index contributed by atoms with van der Waals surface area (Å²) >= 11 is 0. The van der Waals surface area contributed by atoms with Crippen molar-refractivity contribution in [3.05, 3.63) is 175 Å². The summed E-state index contributed by atoms with van der Waals surface area (Å²) in [5.41, 5.74) is 13.7. The van der Waals surface area contributed by atoms with Crippen LogP contribution in [0.1, 0.15) is 25.0 Å². The van der Waals surface area contributed by atoms with Crippen LogP contribution in [0.4, 0.5) is 17.1 Å². The van der Waals surface area contributed by atoms with Crippen molar-refractivity contribution in [2.45, 2.75) is 19.3 Å². The van der Waals surface area contributed by atoms with Gasteiger partial charge in [-0.3, -0.25) is 0 Å². The van der Waals surface area contributed by atoms with Gasteiger partial charge in [0.05, 0.1) is 0 Å². The van der Waals surface area contributed by atoms with E-state index >= 15 is 0 Å². The van der Waals surface area contributed by atoms with E-state index in [4.69, 9.17) is 0 Å². The number of hydrogen-bond donors (Lipinski definition) is 0. The van der Waals surface area contributed by atoms with Crippen LogP contribution in [0.15, 0.2) is 164 Å². The molecule has 1 aliphatic carbocycles. The third-order valence-corrected chi connectivity index (χ3v) is 9.26. The predicted octanol–water partition coefficient (Wildman–Crippen LogP) is 11.9. The van der Waals surface area contributed by atoms with Crippen molar-refractivity contribution in [3.63, 3.8) is 0 Å². The fraction of sp³-hybridized carbons (Fsp3) is 0.0698. The van der Waals surface area contributed by atoms with Crippen LogP contribution < -0.4 is 4.90 Å². The first kappa shape index (κ1) is 26.2. The van der Waals surface area contributed by atoms with E-state index in [9.17, 15) is 0 Å². The third kappa shape index (κ3) is 4.32. The van der Waals surface area contributed by atoms with E-state index in [0.717, 1.165) is 17.1 Å². The molecule has 0 saturated heterocycles. The Labute approximate surface area is 259 Å². The average molecular weight is 564 g/mol. The van der Waals surface area contributed by atoms with Crippen molar-refractivity contribution >= 4 is 27.8 Å². The predicted molar refractivity (Wildman–Crippen MR) is 187 cm³/mol. The van der Waals surface area contributed by atoms with E-state index in [-0.39, 0.29) is 5.41 Å². The molecular formula is C43H33N. The number of anilines is 3. The Hall–Kier alpha value is -5.40. The second-order valence-electron chi connectivity index (χ2n) is 12.2. The lowest BCUT2D eigenvalue weighted by Crippen LogP contribution is -2.16. The minimum absolute atomic E-state index is 0.0738. The normalized spacial score (nSPS) is 13.0. The molecule has 0 saturated carbocycles. The van der Waals surface area contributed by atoms with Gasteiger partial charge in [-0.15, -0.1) is 0 Å². The van der Waals surface area contributed by atoms with Gasteiger partial charge in [0, 0.05) is 22.5 Å². The minimum atomic E-state index is -0.0738. The molecule has 0 unspecified atom stereocenters. The highest BCUT2D eigenvalue weighted by Crippen LogP contribution is 2.50. The zero-order valence-electron chi connectivity index (χ0n) is 25.0. The number of nitrogens with zero attached hydrogens (tertiary/aromatic N) is 1. The van der Waals surface area contributed by atoms with E-state index < -0.39 is 0 Å². The Balaban J connectivity index is 1.29. The van der Waals surface area contributed by atoms with Gasteiger partial charge < -0.3 is 4.90 Å². The van der Waals surface area contributed by atoms with E-state index in [1.165, 1.54) is 55.3 Å². The lowest BCUT2D eigenvalue weighted by molar-refractivity contribution is 0.660. The van der Waals surface area contributed by atoms with Gasteiger partial charge in [0.2, 0.25) is 0 Å². The quantitative estimate of drug-likeness (QED) is 0.201. The van der Waals surface area contributed by atoms with Crippen LogP contribution in [0, 0.1) is 0 Å². The molecule has 8 rings (SSSR count). The van der Waals surface area contributed by atoms with Gasteiger partial charge in [-0.2, -0.15) is 0 Å². The summed E-state index contributed by atoms with van der Waals surface area (Å²) in [6.45, 7) is 4.70. The Morgan fingerprint density at radius 1 is 0.386 bits per heavy atom. The molecule has 210 valence electrons. The van der Waals surface area contributed by atoms with Gasteiger partial charge >= 0.3 is 0 Å². The maximum atomic E-state index is 2.41. The topological polar surface area (TPSA) is 3.24 Å². The van der Waals surface area contributed by atoms with E-state index in [1.807, 2.05) is 0 Å². The standard InChI is InChI=1S/C43H33N/c1-43(2)41-21-9-8-19-39(41)40-27-26-36(29-42(40)43)44(34-24-22-31(23-25-34)30-12-4-3-5-13-30)35-17-10-16-33(28-35)38-20-11-15-32-14-6-7-18-37(32)38/h3-29H,1-2H3. The second kappa shape index (κ2) is 10.4. The number of benzene rings is 7. The van der Waals surface area contributed by atoms with Crippen molar-refractivity contribution in [1.82, 2.24) is 0 Å². The van der Waals surface area contributed by atoms with Gasteiger partial charge in [-0.05, 0) is 91.7 Å². The molecule has 0 aliphatic heterocycles. The first-order valence-electron chi connectivity index (χ1n) is 15.4. The molecule has 1 aliphatic rings. The molecule has 0 bridgehead atoms. The molecule has 7 aromatic carbocycles. The fourth-order valence-corrected chi connectivity index (χ4v) is 7.00. The monoisotopic (exact) mass is 563 g/mol. The van der Waals surface area contributed by atoms with Crippen molar-refractivity contribution in [2.75, 3.05) is 4.90 Å². The van der Waals surface area contributed by atoms with Gasteiger partial charge in [0.25, 0.3) is 0 Å². The molecule has 1 nitrogen and oxygen atoms in total. The molecule has 0 atom stereocenters. The maximum absolute atomic E-state index is 2.41. The lowest BCUT2D eigenvalue weighted by Gasteiger charge is -2.28. The van der Waals surface area contributed by atoms with Crippen LogP contribution in [-0.2, 0) is 5.41 Å². The van der Waals surface area contributed by atoms with Crippen LogP contribution in [0.3, 0.4) is 0 Å². The first-order valence-corrected chi connectivity index (χ1v) is 15.4.